The fraction of sp³-hybridized carbons (Fsp3) is 0. The van der Waals surface area contributed by atoms with Gasteiger partial charge in [-0.3, -0.25) is 9.59 Å². The van der Waals surface area contributed by atoms with Crippen LogP contribution in [0.25, 0.3) is 11.1 Å². The van der Waals surface area contributed by atoms with Gasteiger partial charge in [0.15, 0.2) is 0 Å². The summed E-state index contributed by atoms with van der Waals surface area (Å²) in [4.78, 5) is 22.7. The van der Waals surface area contributed by atoms with E-state index in [1.165, 1.54) is 0 Å². The summed E-state index contributed by atoms with van der Waals surface area (Å²) in [5, 5.41) is -1.05. The van der Waals surface area contributed by atoms with Crippen LogP contribution in [0.1, 0.15) is 31.8 Å². The topological polar surface area (TPSA) is 34.1 Å². The molecule has 0 aromatic heterocycles. The molecule has 0 spiro atoms. The van der Waals surface area contributed by atoms with E-state index in [1.807, 2.05) is 30.3 Å². The first-order valence-electron chi connectivity index (χ1n) is 7.76. The molecule has 0 saturated carbocycles. The lowest BCUT2D eigenvalue weighted by Crippen LogP contribution is -1.94. The second-order valence-corrected chi connectivity index (χ2v) is 6.19. The third kappa shape index (κ3) is 4.21. The molecule has 0 radical (unpaired) electrons. The molecular formula is C22H12Cl2O2. The van der Waals surface area contributed by atoms with Gasteiger partial charge >= 0.3 is 0 Å². The number of benzene rings is 3. The van der Waals surface area contributed by atoms with Crippen LogP contribution in [0.15, 0.2) is 72.8 Å². The molecule has 0 atom stereocenters. The van der Waals surface area contributed by atoms with E-state index in [-0.39, 0.29) is 0 Å². The highest BCUT2D eigenvalue weighted by Crippen LogP contribution is 2.26. The van der Waals surface area contributed by atoms with Crippen LogP contribution in [-0.2, 0) is 0 Å². The number of halogens is 2. The van der Waals surface area contributed by atoms with Crippen LogP contribution in [0.2, 0.25) is 0 Å². The lowest BCUT2D eigenvalue weighted by atomic mass is 9.97. The molecule has 26 heavy (non-hydrogen) atoms. The molecule has 4 heteroatoms. The molecule has 0 aliphatic rings. The zero-order chi connectivity index (χ0) is 18.5. The molecule has 0 fully saturated rings. The molecular weight excluding hydrogens is 367 g/mol. The van der Waals surface area contributed by atoms with Crippen LogP contribution in [0.4, 0.5) is 0 Å². The molecule has 2 nitrogen and oxygen atoms in total. The molecule has 126 valence electrons. The zero-order valence-electron chi connectivity index (χ0n) is 13.5. The minimum absolute atomic E-state index is 0.375. The lowest BCUT2D eigenvalue weighted by molar-refractivity contribution is 0.107. The largest absolute Gasteiger partial charge is 0.276 e. The van der Waals surface area contributed by atoms with E-state index in [9.17, 15) is 9.59 Å². The third-order valence-corrected chi connectivity index (χ3v) is 4.22. The first-order valence-corrected chi connectivity index (χ1v) is 8.51. The van der Waals surface area contributed by atoms with Crippen molar-refractivity contribution in [3.05, 3.63) is 95.1 Å². The summed E-state index contributed by atoms with van der Waals surface area (Å²) in [5.74, 6) is 6.19. The number of hydrogen-bond acceptors (Lipinski definition) is 2. The van der Waals surface area contributed by atoms with Gasteiger partial charge in [0.25, 0.3) is 10.5 Å². The van der Waals surface area contributed by atoms with Crippen molar-refractivity contribution in [3.8, 4) is 23.0 Å². The third-order valence-electron chi connectivity index (χ3n) is 3.78. The summed E-state index contributed by atoms with van der Waals surface area (Å²) in [6.45, 7) is 0. The highest BCUT2D eigenvalue weighted by Gasteiger charge is 2.09. The van der Waals surface area contributed by atoms with Crippen molar-refractivity contribution in [1.82, 2.24) is 0 Å². The number of hydrogen-bond donors (Lipinski definition) is 0. The van der Waals surface area contributed by atoms with Crippen molar-refractivity contribution in [2.45, 2.75) is 0 Å². The van der Waals surface area contributed by atoms with Gasteiger partial charge in [0.2, 0.25) is 0 Å². The van der Waals surface area contributed by atoms with Gasteiger partial charge in [0.1, 0.15) is 0 Å². The highest BCUT2D eigenvalue weighted by atomic mass is 35.5. The Bertz CT molecular complexity index is 1030. The molecule has 0 saturated heterocycles. The van der Waals surface area contributed by atoms with Gasteiger partial charge in [-0.05, 0) is 70.7 Å². The minimum atomic E-state index is -0.539. The normalized spacial score (nSPS) is 9.92. The summed E-state index contributed by atoms with van der Waals surface area (Å²) >= 11 is 11.1. The summed E-state index contributed by atoms with van der Waals surface area (Å²) in [6.07, 6.45) is 0. The minimum Gasteiger partial charge on any atom is -0.276 e. The second-order valence-electron chi connectivity index (χ2n) is 5.50. The molecule has 0 amide bonds. The summed E-state index contributed by atoms with van der Waals surface area (Å²) in [5.41, 5.74) is 4.02. The van der Waals surface area contributed by atoms with Crippen molar-refractivity contribution >= 4 is 33.7 Å². The van der Waals surface area contributed by atoms with Crippen molar-refractivity contribution in [2.75, 3.05) is 0 Å². The van der Waals surface area contributed by atoms with E-state index in [2.05, 4.69) is 11.8 Å². The molecule has 0 heterocycles. The monoisotopic (exact) mass is 378 g/mol. The fourth-order valence-corrected chi connectivity index (χ4v) is 2.71. The quantitative estimate of drug-likeness (QED) is 0.444. The van der Waals surface area contributed by atoms with Crippen LogP contribution in [0.3, 0.4) is 0 Å². The average Bonchev–Trinajstić information content (AvgIpc) is 2.67. The molecule has 3 aromatic carbocycles. The van der Waals surface area contributed by atoms with Gasteiger partial charge in [0, 0.05) is 22.3 Å². The second kappa shape index (κ2) is 8.01. The van der Waals surface area contributed by atoms with Crippen LogP contribution >= 0.6 is 23.2 Å². The van der Waals surface area contributed by atoms with E-state index >= 15 is 0 Å². The van der Waals surface area contributed by atoms with Crippen LogP contribution in [-0.4, -0.2) is 10.5 Å². The van der Waals surface area contributed by atoms with E-state index in [1.54, 1.807) is 42.5 Å². The summed E-state index contributed by atoms with van der Waals surface area (Å²) in [6, 6.07) is 21.6. The van der Waals surface area contributed by atoms with Crippen LogP contribution in [0.5, 0.6) is 0 Å². The first-order chi connectivity index (χ1) is 12.5. The predicted molar refractivity (Wildman–Crippen MR) is 105 cm³/mol. The Balaban J connectivity index is 2.08. The molecule has 0 unspecified atom stereocenters. The van der Waals surface area contributed by atoms with Crippen molar-refractivity contribution < 1.29 is 9.59 Å². The van der Waals surface area contributed by atoms with E-state index in [0.29, 0.717) is 16.7 Å². The van der Waals surface area contributed by atoms with Gasteiger partial charge in [-0.1, -0.05) is 48.2 Å². The lowest BCUT2D eigenvalue weighted by Gasteiger charge is -2.07. The maximum atomic E-state index is 11.5. The van der Waals surface area contributed by atoms with Gasteiger partial charge in [-0.25, -0.2) is 0 Å². The molecule has 0 aliphatic heterocycles. The van der Waals surface area contributed by atoms with Gasteiger partial charge in [-0.2, -0.15) is 0 Å². The Kier molecular flexibility index (Phi) is 5.53. The average molecular weight is 379 g/mol. The Labute approximate surface area is 161 Å². The Morgan fingerprint density at radius 1 is 0.692 bits per heavy atom. The fourth-order valence-electron chi connectivity index (χ4n) is 2.46. The number of rotatable bonds is 3. The van der Waals surface area contributed by atoms with E-state index in [0.717, 1.165) is 16.7 Å². The Morgan fingerprint density at radius 2 is 1.31 bits per heavy atom. The molecule has 0 aliphatic carbocycles. The van der Waals surface area contributed by atoms with E-state index in [4.69, 9.17) is 23.2 Å². The summed E-state index contributed by atoms with van der Waals surface area (Å²) in [7, 11) is 0. The van der Waals surface area contributed by atoms with E-state index < -0.39 is 10.5 Å². The maximum Gasteiger partial charge on any atom is 0.252 e. The van der Waals surface area contributed by atoms with Crippen LogP contribution in [0, 0.1) is 11.8 Å². The Hall–Kier alpha value is -2.86. The van der Waals surface area contributed by atoms with Crippen molar-refractivity contribution in [2.24, 2.45) is 0 Å². The van der Waals surface area contributed by atoms with Crippen LogP contribution < -0.4 is 0 Å². The smallest absolute Gasteiger partial charge is 0.252 e. The molecule has 0 N–H and O–H groups in total. The van der Waals surface area contributed by atoms with Crippen molar-refractivity contribution in [1.29, 1.82) is 0 Å². The van der Waals surface area contributed by atoms with Gasteiger partial charge in [0.05, 0.1) is 0 Å². The number of carbonyl (C=O) groups excluding carboxylic acids is 2. The van der Waals surface area contributed by atoms with Gasteiger partial charge < -0.3 is 0 Å². The standard InChI is InChI=1S/C22H12Cl2O2/c23-21(25)17-10-8-16(9-11-17)20-13-12-19(22(24)26)14-18(20)7-6-15-4-2-1-3-5-15/h1-5,8-14H. The Morgan fingerprint density at radius 3 is 1.92 bits per heavy atom. The number of carbonyl (C=O) groups is 2. The van der Waals surface area contributed by atoms with Crippen molar-refractivity contribution in [3.63, 3.8) is 0 Å². The summed E-state index contributed by atoms with van der Waals surface area (Å²) < 4.78 is 0. The predicted octanol–water partition coefficient (Wildman–Crippen LogP) is 5.51. The molecule has 3 rings (SSSR count). The molecule has 0 bridgehead atoms. The molecule has 3 aromatic rings. The van der Waals surface area contributed by atoms with Gasteiger partial charge in [-0.15, -0.1) is 0 Å². The highest BCUT2D eigenvalue weighted by molar-refractivity contribution is 6.68. The maximum absolute atomic E-state index is 11.5. The zero-order valence-corrected chi connectivity index (χ0v) is 15.0. The first kappa shape index (κ1) is 17.9. The SMILES string of the molecule is O=C(Cl)c1ccc(-c2ccc(C(=O)Cl)cc2C#Cc2ccccc2)cc1.